The lowest BCUT2D eigenvalue weighted by Gasteiger charge is -2.18. The zero-order chi connectivity index (χ0) is 6.81. The average Bonchev–Trinajstić information content (AvgIpc) is 2.05. The molecule has 1 aliphatic rings. The molecule has 0 radical (unpaired) electrons. The number of nitrogens with one attached hydrogen (secondary N) is 2. The molecule has 0 saturated carbocycles. The number of anilines is 1. The van der Waals surface area contributed by atoms with Crippen LogP contribution in [0.2, 0.25) is 0 Å². The smallest absolute Gasteiger partial charge is 0.0655 e. The van der Waals surface area contributed by atoms with E-state index in [9.17, 15) is 0 Å². The van der Waals surface area contributed by atoms with Crippen molar-refractivity contribution in [2.24, 2.45) is 0 Å². The van der Waals surface area contributed by atoms with Gasteiger partial charge in [0.25, 0.3) is 0 Å². The maximum Gasteiger partial charge on any atom is 0.0655 e. The minimum absolute atomic E-state index is 0. The lowest BCUT2D eigenvalue weighted by Crippen LogP contribution is -2.27. The van der Waals surface area contributed by atoms with E-state index in [1.807, 2.05) is 0 Å². The zero-order valence-corrected chi connectivity index (χ0v) is 7.22. The van der Waals surface area contributed by atoms with Crippen LogP contribution >= 0.6 is 13.5 Å². The Morgan fingerprint density at radius 2 is 2.00 bits per heavy atom. The van der Waals surface area contributed by atoms with Crippen LogP contribution in [0.15, 0.2) is 24.3 Å². The monoisotopic (exact) mass is 168 g/mol. The molecule has 3 heteroatoms. The van der Waals surface area contributed by atoms with Gasteiger partial charge in [-0.15, -0.1) is 0 Å². The van der Waals surface area contributed by atoms with Crippen LogP contribution in [0.25, 0.3) is 0 Å². The van der Waals surface area contributed by atoms with Crippen LogP contribution in [0.5, 0.6) is 0 Å². The van der Waals surface area contributed by atoms with Gasteiger partial charge in [-0.25, -0.2) is 0 Å². The fraction of sp³-hybridized carbons (Fsp3) is 0.250. The second kappa shape index (κ2) is 3.64. The Balaban J connectivity index is 0.000000605. The molecule has 2 N–H and O–H groups in total. The van der Waals surface area contributed by atoms with Gasteiger partial charge >= 0.3 is 0 Å². The Hall–Kier alpha value is -0.670. The Kier molecular flexibility index (Phi) is 2.79. The number of rotatable bonds is 0. The van der Waals surface area contributed by atoms with Gasteiger partial charge in [0.1, 0.15) is 0 Å². The van der Waals surface area contributed by atoms with Gasteiger partial charge in [-0.1, -0.05) is 18.2 Å². The van der Waals surface area contributed by atoms with Crippen LogP contribution in [-0.2, 0) is 6.54 Å². The van der Waals surface area contributed by atoms with Gasteiger partial charge in [0.15, 0.2) is 0 Å². The molecule has 0 aromatic heterocycles. The van der Waals surface area contributed by atoms with Gasteiger partial charge in [-0.2, -0.15) is 13.5 Å². The number of benzene rings is 1. The van der Waals surface area contributed by atoms with E-state index < -0.39 is 0 Å². The molecule has 1 aromatic carbocycles. The van der Waals surface area contributed by atoms with Crippen molar-refractivity contribution in [3.05, 3.63) is 29.8 Å². The lowest BCUT2D eigenvalue weighted by atomic mass is 10.1. The van der Waals surface area contributed by atoms with E-state index >= 15 is 0 Å². The van der Waals surface area contributed by atoms with Gasteiger partial charge in [0.2, 0.25) is 0 Å². The number of hydrogen-bond donors (Lipinski definition) is 2. The summed E-state index contributed by atoms with van der Waals surface area (Å²) in [6.45, 7) is 1.88. The lowest BCUT2D eigenvalue weighted by molar-refractivity contribution is 0.709. The van der Waals surface area contributed by atoms with Gasteiger partial charge in [0, 0.05) is 12.2 Å². The van der Waals surface area contributed by atoms with Crippen LogP contribution in [0.4, 0.5) is 5.69 Å². The molecule has 2 rings (SSSR count). The van der Waals surface area contributed by atoms with E-state index in [1.165, 1.54) is 11.3 Å². The van der Waals surface area contributed by atoms with E-state index in [4.69, 9.17) is 0 Å². The van der Waals surface area contributed by atoms with Crippen molar-refractivity contribution >= 4 is 19.2 Å². The Morgan fingerprint density at radius 3 is 2.82 bits per heavy atom. The molecule has 1 aliphatic heterocycles. The van der Waals surface area contributed by atoms with Crippen molar-refractivity contribution < 1.29 is 0 Å². The van der Waals surface area contributed by atoms with Crippen LogP contribution < -0.4 is 10.6 Å². The standard InChI is InChI=1S/C8H10N2.H2S/c1-2-4-8-7(3-1)5-9-6-10-8;/h1-4,9-10H,5-6H2;1H2. The van der Waals surface area contributed by atoms with Crippen molar-refractivity contribution in [1.82, 2.24) is 5.32 Å². The second-order valence-corrected chi connectivity index (χ2v) is 2.44. The van der Waals surface area contributed by atoms with Gasteiger partial charge in [-0.05, 0) is 11.6 Å². The molecule has 2 nitrogen and oxygen atoms in total. The van der Waals surface area contributed by atoms with Crippen LogP contribution in [0.3, 0.4) is 0 Å². The molecule has 0 bridgehead atoms. The molecule has 1 heterocycles. The third-order valence-electron chi connectivity index (χ3n) is 1.74. The summed E-state index contributed by atoms with van der Waals surface area (Å²) >= 11 is 0. The summed E-state index contributed by atoms with van der Waals surface area (Å²) in [4.78, 5) is 0. The first-order chi connectivity index (χ1) is 4.97. The molecule has 0 atom stereocenters. The zero-order valence-electron chi connectivity index (χ0n) is 6.22. The minimum Gasteiger partial charge on any atom is -0.372 e. The first-order valence-corrected chi connectivity index (χ1v) is 3.49. The molecular weight excluding hydrogens is 156 g/mol. The molecule has 0 spiro atoms. The fourth-order valence-corrected chi connectivity index (χ4v) is 1.20. The summed E-state index contributed by atoms with van der Waals surface area (Å²) in [6, 6.07) is 8.36. The van der Waals surface area contributed by atoms with E-state index in [2.05, 4.69) is 34.9 Å². The summed E-state index contributed by atoms with van der Waals surface area (Å²) in [5.41, 5.74) is 2.62. The largest absolute Gasteiger partial charge is 0.372 e. The predicted octanol–water partition coefficient (Wildman–Crippen LogP) is 1.27. The van der Waals surface area contributed by atoms with E-state index in [1.54, 1.807) is 0 Å². The van der Waals surface area contributed by atoms with Crippen LogP contribution in [-0.4, -0.2) is 6.67 Å². The highest BCUT2D eigenvalue weighted by molar-refractivity contribution is 7.59. The molecule has 1 aromatic rings. The topological polar surface area (TPSA) is 24.1 Å². The molecule has 0 fully saturated rings. The third kappa shape index (κ3) is 1.67. The van der Waals surface area contributed by atoms with E-state index in [-0.39, 0.29) is 13.5 Å². The number of para-hydroxylation sites is 1. The van der Waals surface area contributed by atoms with E-state index in [0.717, 1.165) is 13.2 Å². The second-order valence-electron chi connectivity index (χ2n) is 2.44. The Morgan fingerprint density at radius 1 is 1.18 bits per heavy atom. The van der Waals surface area contributed by atoms with Crippen molar-refractivity contribution in [3.63, 3.8) is 0 Å². The summed E-state index contributed by atoms with van der Waals surface area (Å²) in [6.07, 6.45) is 0. The molecule has 60 valence electrons. The van der Waals surface area contributed by atoms with E-state index in [0.29, 0.717) is 0 Å². The fourth-order valence-electron chi connectivity index (χ4n) is 1.20. The van der Waals surface area contributed by atoms with Crippen molar-refractivity contribution in [1.29, 1.82) is 0 Å². The SMILES string of the molecule is S.c1ccc2c(c1)CNCN2. The average molecular weight is 168 g/mol. The van der Waals surface area contributed by atoms with Crippen LogP contribution in [0.1, 0.15) is 5.56 Å². The molecular formula is C8H12N2S. The molecule has 0 amide bonds. The predicted molar refractivity (Wildman–Crippen MR) is 52.2 cm³/mol. The summed E-state index contributed by atoms with van der Waals surface area (Å²) in [5.74, 6) is 0. The maximum atomic E-state index is 3.25. The highest BCUT2D eigenvalue weighted by atomic mass is 32.1. The number of fused-ring (bicyclic) bond motifs is 1. The van der Waals surface area contributed by atoms with Crippen molar-refractivity contribution in [2.45, 2.75) is 6.54 Å². The molecule has 11 heavy (non-hydrogen) atoms. The first kappa shape index (κ1) is 8.43. The van der Waals surface area contributed by atoms with Crippen molar-refractivity contribution in [3.8, 4) is 0 Å². The Bertz CT molecular complexity index is 212. The number of hydrogen-bond acceptors (Lipinski definition) is 2. The quantitative estimate of drug-likeness (QED) is 0.609. The Labute approximate surface area is 73.4 Å². The molecule has 0 saturated heterocycles. The molecule has 0 aliphatic carbocycles. The summed E-state index contributed by atoms with van der Waals surface area (Å²) in [7, 11) is 0. The maximum absolute atomic E-state index is 3.25. The molecule has 0 unspecified atom stereocenters. The third-order valence-corrected chi connectivity index (χ3v) is 1.74. The normalized spacial score (nSPS) is 14.2. The summed E-state index contributed by atoms with van der Waals surface area (Å²) in [5, 5.41) is 6.48. The minimum atomic E-state index is 0. The van der Waals surface area contributed by atoms with Gasteiger partial charge in [0.05, 0.1) is 6.67 Å². The highest BCUT2D eigenvalue weighted by Gasteiger charge is 2.03. The van der Waals surface area contributed by atoms with Crippen molar-refractivity contribution in [2.75, 3.05) is 12.0 Å². The first-order valence-electron chi connectivity index (χ1n) is 3.49. The van der Waals surface area contributed by atoms with Gasteiger partial charge in [-0.3, -0.25) is 5.32 Å². The highest BCUT2D eigenvalue weighted by Crippen LogP contribution is 2.16. The summed E-state index contributed by atoms with van der Waals surface area (Å²) < 4.78 is 0. The van der Waals surface area contributed by atoms with Crippen LogP contribution in [0, 0.1) is 0 Å². The van der Waals surface area contributed by atoms with Gasteiger partial charge < -0.3 is 5.32 Å².